The third kappa shape index (κ3) is 1.41. The number of carbonyl (C=O) groups is 2. The Balaban J connectivity index is 2.18. The van der Waals surface area contributed by atoms with Gasteiger partial charge in [-0.2, -0.15) is 0 Å². The van der Waals surface area contributed by atoms with Gasteiger partial charge in [0.1, 0.15) is 11.6 Å². The normalized spacial score (nSPS) is 22.3. The summed E-state index contributed by atoms with van der Waals surface area (Å²) in [5.41, 5.74) is -0.342. The van der Waals surface area contributed by atoms with Crippen molar-refractivity contribution in [2.45, 2.75) is 18.9 Å². The Labute approximate surface area is 102 Å². The standard InChI is InChI=1S/C12H10F2N2O2/c13-6-3-4-7-9(10(6)14)12(18)16-5-1-2-8(16)11(17)15-7/h3-4,8H,1-2,5H2,(H,15,17)/t8-/m0/s1. The molecule has 4 nitrogen and oxygen atoms in total. The number of halogens is 2. The zero-order chi connectivity index (χ0) is 12.9. The third-order valence-corrected chi connectivity index (χ3v) is 3.38. The summed E-state index contributed by atoms with van der Waals surface area (Å²) in [6.07, 6.45) is 1.24. The number of anilines is 1. The quantitative estimate of drug-likeness (QED) is 0.761. The molecule has 3 rings (SSSR count). The Morgan fingerprint density at radius 2 is 2.06 bits per heavy atom. The molecule has 1 aromatic carbocycles. The first-order chi connectivity index (χ1) is 8.59. The van der Waals surface area contributed by atoms with Crippen molar-refractivity contribution in [1.82, 2.24) is 4.90 Å². The molecule has 1 saturated heterocycles. The molecule has 0 radical (unpaired) electrons. The van der Waals surface area contributed by atoms with Crippen molar-refractivity contribution in [2.75, 3.05) is 11.9 Å². The summed E-state index contributed by atoms with van der Waals surface area (Å²) in [7, 11) is 0. The predicted octanol–water partition coefficient (Wildman–Crippen LogP) is 1.52. The molecule has 0 aliphatic carbocycles. The van der Waals surface area contributed by atoms with Gasteiger partial charge in [0, 0.05) is 6.54 Å². The molecule has 2 heterocycles. The molecule has 2 amide bonds. The van der Waals surface area contributed by atoms with E-state index >= 15 is 0 Å². The molecule has 1 N–H and O–H groups in total. The Morgan fingerprint density at radius 1 is 1.28 bits per heavy atom. The van der Waals surface area contributed by atoms with Crippen LogP contribution >= 0.6 is 0 Å². The average Bonchev–Trinajstić information content (AvgIpc) is 2.79. The highest BCUT2D eigenvalue weighted by atomic mass is 19.2. The van der Waals surface area contributed by atoms with Gasteiger partial charge in [0.05, 0.1) is 5.69 Å². The van der Waals surface area contributed by atoms with Crippen molar-refractivity contribution in [1.29, 1.82) is 0 Å². The highest BCUT2D eigenvalue weighted by molar-refractivity contribution is 6.10. The fourth-order valence-corrected chi connectivity index (χ4v) is 2.51. The van der Waals surface area contributed by atoms with Crippen LogP contribution in [0, 0.1) is 11.6 Å². The molecular formula is C12H10F2N2O2. The summed E-state index contributed by atoms with van der Waals surface area (Å²) in [6, 6.07) is 1.54. The van der Waals surface area contributed by atoms with Crippen LogP contribution in [0.2, 0.25) is 0 Å². The van der Waals surface area contributed by atoms with E-state index in [1.807, 2.05) is 0 Å². The SMILES string of the molecule is O=C1Nc2ccc(F)c(F)c2C(=O)N2CCC[C@@H]12. The van der Waals surface area contributed by atoms with Gasteiger partial charge >= 0.3 is 0 Å². The lowest BCUT2D eigenvalue weighted by Gasteiger charge is -2.20. The molecule has 94 valence electrons. The smallest absolute Gasteiger partial charge is 0.259 e. The van der Waals surface area contributed by atoms with Crippen LogP contribution in [0.25, 0.3) is 0 Å². The largest absolute Gasteiger partial charge is 0.326 e. The van der Waals surface area contributed by atoms with Gasteiger partial charge < -0.3 is 10.2 Å². The van der Waals surface area contributed by atoms with Crippen molar-refractivity contribution in [2.24, 2.45) is 0 Å². The maximum Gasteiger partial charge on any atom is 0.259 e. The van der Waals surface area contributed by atoms with Gasteiger partial charge in [-0.15, -0.1) is 0 Å². The van der Waals surface area contributed by atoms with Crippen LogP contribution < -0.4 is 5.32 Å². The fraction of sp³-hybridized carbons (Fsp3) is 0.333. The number of benzene rings is 1. The first-order valence-corrected chi connectivity index (χ1v) is 5.69. The van der Waals surface area contributed by atoms with Crippen LogP contribution in [0.1, 0.15) is 23.2 Å². The predicted molar refractivity (Wildman–Crippen MR) is 59.0 cm³/mol. The van der Waals surface area contributed by atoms with E-state index in [1.165, 1.54) is 11.0 Å². The van der Waals surface area contributed by atoms with Gasteiger partial charge in [-0.25, -0.2) is 8.78 Å². The van der Waals surface area contributed by atoms with Crippen LogP contribution in [0.15, 0.2) is 12.1 Å². The molecule has 2 aliphatic heterocycles. The number of rotatable bonds is 0. The van der Waals surface area contributed by atoms with E-state index in [-0.39, 0.29) is 17.2 Å². The fourth-order valence-electron chi connectivity index (χ4n) is 2.51. The zero-order valence-corrected chi connectivity index (χ0v) is 9.37. The summed E-state index contributed by atoms with van der Waals surface area (Å²) >= 11 is 0. The van der Waals surface area contributed by atoms with Crippen molar-refractivity contribution in [3.05, 3.63) is 29.3 Å². The minimum absolute atomic E-state index is 0.0401. The Hall–Kier alpha value is -1.98. The first kappa shape index (κ1) is 11.1. The van der Waals surface area contributed by atoms with Crippen LogP contribution in [-0.4, -0.2) is 29.3 Å². The third-order valence-electron chi connectivity index (χ3n) is 3.38. The molecule has 0 bridgehead atoms. The number of nitrogens with zero attached hydrogens (tertiary/aromatic N) is 1. The molecule has 0 unspecified atom stereocenters. The molecule has 1 fully saturated rings. The first-order valence-electron chi connectivity index (χ1n) is 5.69. The number of nitrogens with one attached hydrogen (secondary N) is 1. The lowest BCUT2D eigenvalue weighted by molar-refractivity contribution is -0.119. The molecular weight excluding hydrogens is 242 g/mol. The van der Waals surface area contributed by atoms with Gasteiger partial charge in [0.2, 0.25) is 5.91 Å². The lowest BCUT2D eigenvalue weighted by atomic mass is 10.1. The molecule has 18 heavy (non-hydrogen) atoms. The Morgan fingerprint density at radius 3 is 2.83 bits per heavy atom. The number of carbonyl (C=O) groups excluding carboxylic acids is 2. The van der Waals surface area contributed by atoms with Crippen LogP contribution in [-0.2, 0) is 4.79 Å². The number of hydrogen-bond donors (Lipinski definition) is 1. The highest BCUT2D eigenvalue weighted by Gasteiger charge is 2.40. The van der Waals surface area contributed by atoms with Crippen molar-refractivity contribution >= 4 is 17.5 Å². The number of hydrogen-bond acceptors (Lipinski definition) is 2. The van der Waals surface area contributed by atoms with Crippen LogP contribution in [0.3, 0.4) is 0 Å². The van der Waals surface area contributed by atoms with E-state index < -0.39 is 23.6 Å². The van der Waals surface area contributed by atoms with Crippen LogP contribution in [0.5, 0.6) is 0 Å². The number of fused-ring (bicyclic) bond motifs is 2. The Bertz CT molecular complexity index is 559. The highest BCUT2D eigenvalue weighted by Crippen LogP contribution is 2.30. The zero-order valence-electron chi connectivity index (χ0n) is 9.37. The monoisotopic (exact) mass is 252 g/mol. The summed E-state index contributed by atoms with van der Waals surface area (Å²) in [4.78, 5) is 25.4. The maximum atomic E-state index is 13.7. The van der Waals surface area contributed by atoms with E-state index in [1.54, 1.807) is 0 Å². The molecule has 6 heteroatoms. The molecule has 1 atom stereocenters. The van der Waals surface area contributed by atoms with Crippen molar-refractivity contribution in [3.8, 4) is 0 Å². The molecule has 1 aromatic rings. The van der Waals surface area contributed by atoms with Crippen LogP contribution in [0.4, 0.5) is 14.5 Å². The molecule has 0 saturated carbocycles. The summed E-state index contributed by atoms with van der Waals surface area (Å²) in [5, 5.41) is 2.48. The molecule has 0 spiro atoms. The minimum atomic E-state index is -1.20. The summed E-state index contributed by atoms with van der Waals surface area (Å²) in [6.45, 7) is 0.395. The van der Waals surface area contributed by atoms with E-state index in [2.05, 4.69) is 5.32 Å². The second-order valence-electron chi connectivity index (χ2n) is 4.43. The second kappa shape index (κ2) is 3.76. The van der Waals surface area contributed by atoms with E-state index in [0.717, 1.165) is 6.07 Å². The molecule has 2 aliphatic rings. The van der Waals surface area contributed by atoms with E-state index in [0.29, 0.717) is 19.4 Å². The van der Waals surface area contributed by atoms with Gasteiger partial charge in [-0.05, 0) is 25.0 Å². The summed E-state index contributed by atoms with van der Waals surface area (Å²) in [5.74, 6) is -3.26. The topological polar surface area (TPSA) is 49.4 Å². The van der Waals surface area contributed by atoms with Gasteiger partial charge in [-0.1, -0.05) is 0 Å². The maximum absolute atomic E-state index is 13.7. The minimum Gasteiger partial charge on any atom is -0.326 e. The van der Waals surface area contributed by atoms with Gasteiger partial charge in [0.15, 0.2) is 11.6 Å². The van der Waals surface area contributed by atoms with Crippen molar-refractivity contribution < 1.29 is 18.4 Å². The van der Waals surface area contributed by atoms with Gasteiger partial charge in [-0.3, -0.25) is 9.59 Å². The number of amides is 2. The second-order valence-corrected chi connectivity index (χ2v) is 4.43. The van der Waals surface area contributed by atoms with Crippen molar-refractivity contribution in [3.63, 3.8) is 0 Å². The van der Waals surface area contributed by atoms with E-state index in [9.17, 15) is 18.4 Å². The van der Waals surface area contributed by atoms with Gasteiger partial charge in [0.25, 0.3) is 5.91 Å². The average molecular weight is 252 g/mol. The lowest BCUT2D eigenvalue weighted by Crippen LogP contribution is -2.40. The Kier molecular flexibility index (Phi) is 2.33. The van der Waals surface area contributed by atoms with E-state index in [4.69, 9.17) is 0 Å². The molecule has 0 aromatic heterocycles. The summed E-state index contributed by atoms with van der Waals surface area (Å²) < 4.78 is 26.9.